The SMILES string of the molecule is COc1ccc(CNC(=O)c2ccc(Nc3ccccc3C)nn2)cc1OC. The van der Waals surface area contributed by atoms with Crippen molar-refractivity contribution in [3.05, 3.63) is 71.4 Å². The van der Waals surface area contributed by atoms with Gasteiger partial charge in [0.05, 0.1) is 14.2 Å². The van der Waals surface area contributed by atoms with Gasteiger partial charge in [-0.1, -0.05) is 24.3 Å². The van der Waals surface area contributed by atoms with Gasteiger partial charge in [0.1, 0.15) is 0 Å². The number of methoxy groups -OCH3 is 2. The summed E-state index contributed by atoms with van der Waals surface area (Å²) in [5.74, 6) is 1.52. The lowest BCUT2D eigenvalue weighted by atomic mass is 10.2. The highest BCUT2D eigenvalue weighted by atomic mass is 16.5. The van der Waals surface area contributed by atoms with Gasteiger partial charge in [-0.3, -0.25) is 4.79 Å². The fraction of sp³-hybridized carbons (Fsp3) is 0.190. The lowest BCUT2D eigenvalue weighted by Crippen LogP contribution is -2.24. The summed E-state index contributed by atoms with van der Waals surface area (Å²) in [6, 6.07) is 16.7. The van der Waals surface area contributed by atoms with Crippen molar-refractivity contribution in [2.45, 2.75) is 13.5 Å². The maximum Gasteiger partial charge on any atom is 0.272 e. The molecule has 0 saturated carbocycles. The molecule has 0 fully saturated rings. The van der Waals surface area contributed by atoms with Gasteiger partial charge in [-0.05, 0) is 48.4 Å². The zero-order valence-corrected chi connectivity index (χ0v) is 16.0. The second-order valence-corrected chi connectivity index (χ2v) is 6.12. The Balaban J connectivity index is 1.61. The Bertz CT molecular complexity index is 958. The molecule has 144 valence electrons. The first-order valence-electron chi connectivity index (χ1n) is 8.76. The fourth-order valence-electron chi connectivity index (χ4n) is 2.63. The third-order valence-corrected chi connectivity index (χ3v) is 4.21. The first kappa shape index (κ1) is 19.2. The number of carbonyl (C=O) groups is 1. The van der Waals surface area contributed by atoms with Gasteiger partial charge in [-0.25, -0.2) is 0 Å². The highest BCUT2D eigenvalue weighted by Gasteiger charge is 2.10. The molecule has 0 aliphatic heterocycles. The van der Waals surface area contributed by atoms with E-state index in [4.69, 9.17) is 9.47 Å². The average Bonchev–Trinajstić information content (AvgIpc) is 2.74. The van der Waals surface area contributed by atoms with Crippen molar-refractivity contribution in [1.82, 2.24) is 15.5 Å². The van der Waals surface area contributed by atoms with E-state index < -0.39 is 0 Å². The van der Waals surface area contributed by atoms with E-state index in [9.17, 15) is 4.79 Å². The van der Waals surface area contributed by atoms with E-state index in [0.29, 0.717) is 23.9 Å². The Labute approximate surface area is 163 Å². The maximum absolute atomic E-state index is 12.3. The number of amides is 1. The van der Waals surface area contributed by atoms with Crippen molar-refractivity contribution in [3.63, 3.8) is 0 Å². The molecule has 3 aromatic rings. The van der Waals surface area contributed by atoms with Gasteiger partial charge in [-0.2, -0.15) is 0 Å². The molecule has 0 aliphatic rings. The molecule has 1 aromatic heterocycles. The summed E-state index contributed by atoms with van der Waals surface area (Å²) in [7, 11) is 3.15. The van der Waals surface area contributed by atoms with E-state index in [0.717, 1.165) is 16.8 Å². The van der Waals surface area contributed by atoms with Crippen molar-refractivity contribution in [2.24, 2.45) is 0 Å². The van der Waals surface area contributed by atoms with E-state index in [-0.39, 0.29) is 11.6 Å². The second kappa shape index (κ2) is 8.85. The normalized spacial score (nSPS) is 10.2. The predicted molar refractivity (Wildman–Crippen MR) is 107 cm³/mol. The molecule has 0 bridgehead atoms. The van der Waals surface area contributed by atoms with Crippen LogP contribution in [0.5, 0.6) is 11.5 Å². The van der Waals surface area contributed by atoms with Crippen LogP contribution >= 0.6 is 0 Å². The van der Waals surface area contributed by atoms with E-state index in [1.165, 1.54) is 0 Å². The van der Waals surface area contributed by atoms with Crippen LogP contribution in [-0.4, -0.2) is 30.3 Å². The average molecular weight is 378 g/mol. The molecule has 0 aliphatic carbocycles. The van der Waals surface area contributed by atoms with Crippen LogP contribution in [0.1, 0.15) is 21.6 Å². The van der Waals surface area contributed by atoms with Crippen molar-refractivity contribution in [1.29, 1.82) is 0 Å². The highest BCUT2D eigenvalue weighted by molar-refractivity contribution is 5.92. The molecule has 28 heavy (non-hydrogen) atoms. The molecule has 3 rings (SSSR count). The molecular formula is C21H22N4O3. The number of benzene rings is 2. The van der Waals surface area contributed by atoms with Gasteiger partial charge in [0.2, 0.25) is 0 Å². The van der Waals surface area contributed by atoms with Gasteiger partial charge < -0.3 is 20.1 Å². The van der Waals surface area contributed by atoms with Gasteiger partial charge in [-0.15, -0.1) is 10.2 Å². The minimum atomic E-state index is -0.301. The summed E-state index contributed by atoms with van der Waals surface area (Å²) >= 11 is 0. The molecule has 2 N–H and O–H groups in total. The largest absolute Gasteiger partial charge is 0.493 e. The van der Waals surface area contributed by atoms with Gasteiger partial charge in [0.15, 0.2) is 23.0 Å². The van der Waals surface area contributed by atoms with E-state index in [1.807, 2.05) is 43.3 Å². The summed E-state index contributed by atoms with van der Waals surface area (Å²) in [5.41, 5.74) is 3.18. The maximum atomic E-state index is 12.3. The Morgan fingerprint density at radius 1 is 0.964 bits per heavy atom. The van der Waals surface area contributed by atoms with Crippen molar-refractivity contribution in [3.8, 4) is 11.5 Å². The third-order valence-electron chi connectivity index (χ3n) is 4.21. The standard InChI is InChI=1S/C21H22N4O3/c1-14-6-4-5-7-16(14)23-20-11-9-17(24-25-20)21(26)22-13-15-8-10-18(27-2)19(12-15)28-3/h4-12H,13H2,1-3H3,(H,22,26)(H,23,25). The van der Waals surface area contributed by atoms with Crippen molar-refractivity contribution < 1.29 is 14.3 Å². The lowest BCUT2D eigenvalue weighted by molar-refractivity contribution is 0.0945. The third kappa shape index (κ3) is 4.56. The Morgan fingerprint density at radius 3 is 2.43 bits per heavy atom. The summed E-state index contributed by atoms with van der Waals surface area (Å²) in [4.78, 5) is 12.3. The van der Waals surface area contributed by atoms with Crippen LogP contribution in [0.15, 0.2) is 54.6 Å². The number of carbonyl (C=O) groups excluding carboxylic acids is 1. The summed E-state index contributed by atoms with van der Waals surface area (Å²) in [5, 5.41) is 14.1. The topological polar surface area (TPSA) is 85.4 Å². The number of aryl methyl sites for hydroxylation is 1. The second-order valence-electron chi connectivity index (χ2n) is 6.12. The minimum absolute atomic E-state index is 0.246. The van der Waals surface area contributed by atoms with Crippen molar-refractivity contribution >= 4 is 17.4 Å². The zero-order valence-electron chi connectivity index (χ0n) is 16.0. The fourth-order valence-corrected chi connectivity index (χ4v) is 2.63. The highest BCUT2D eigenvalue weighted by Crippen LogP contribution is 2.27. The monoisotopic (exact) mass is 378 g/mol. The number of nitrogens with zero attached hydrogens (tertiary/aromatic N) is 2. The Morgan fingerprint density at radius 2 is 1.75 bits per heavy atom. The van der Waals surface area contributed by atoms with Gasteiger partial charge in [0.25, 0.3) is 5.91 Å². The molecule has 0 unspecified atom stereocenters. The number of hydrogen-bond donors (Lipinski definition) is 2. The molecule has 7 heteroatoms. The van der Waals surface area contributed by atoms with Crippen molar-refractivity contribution in [2.75, 3.05) is 19.5 Å². The number of hydrogen-bond acceptors (Lipinski definition) is 6. The van der Waals surface area contributed by atoms with Gasteiger partial charge >= 0.3 is 0 Å². The summed E-state index contributed by atoms with van der Waals surface area (Å²) in [6.07, 6.45) is 0. The lowest BCUT2D eigenvalue weighted by Gasteiger charge is -2.10. The molecule has 7 nitrogen and oxygen atoms in total. The molecule has 0 saturated heterocycles. The molecular weight excluding hydrogens is 356 g/mol. The molecule has 1 heterocycles. The van der Waals surface area contributed by atoms with E-state index >= 15 is 0 Å². The summed E-state index contributed by atoms with van der Waals surface area (Å²) < 4.78 is 10.5. The van der Waals surface area contributed by atoms with Crippen LogP contribution < -0.4 is 20.1 Å². The first-order chi connectivity index (χ1) is 13.6. The number of anilines is 2. The number of para-hydroxylation sites is 1. The first-order valence-corrected chi connectivity index (χ1v) is 8.76. The smallest absolute Gasteiger partial charge is 0.272 e. The predicted octanol–water partition coefficient (Wildman–Crippen LogP) is 3.48. The zero-order chi connectivity index (χ0) is 19.9. The molecule has 2 aromatic carbocycles. The Hall–Kier alpha value is -3.61. The minimum Gasteiger partial charge on any atom is -0.493 e. The molecule has 0 spiro atoms. The summed E-state index contributed by atoms with van der Waals surface area (Å²) in [6.45, 7) is 2.34. The van der Waals surface area contributed by atoms with Crippen LogP contribution in [0, 0.1) is 6.92 Å². The van der Waals surface area contributed by atoms with Crippen LogP contribution in [-0.2, 0) is 6.54 Å². The molecule has 0 atom stereocenters. The quantitative estimate of drug-likeness (QED) is 0.655. The number of rotatable bonds is 7. The molecule has 0 radical (unpaired) electrons. The van der Waals surface area contributed by atoms with Crippen LogP contribution in [0.4, 0.5) is 11.5 Å². The van der Waals surface area contributed by atoms with Gasteiger partial charge in [0, 0.05) is 12.2 Å². The number of ether oxygens (including phenoxy) is 2. The number of aromatic nitrogens is 2. The molecule has 1 amide bonds. The van der Waals surface area contributed by atoms with Crippen LogP contribution in [0.2, 0.25) is 0 Å². The number of nitrogens with one attached hydrogen (secondary N) is 2. The Kier molecular flexibility index (Phi) is 6.06. The van der Waals surface area contributed by atoms with E-state index in [1.54, 1.807) is 32.4 Å². The van der Waals surface area contributed by atoms with E-state index in [2.05, 4.69) is 20.8 Å². The van der Waals surface area contributed by atoms with Crippen LogP contribution in [0.25, 0.3) is 0 Å². The van der Waals surface area contributed by atoms with Crippen LogP contribution in [0.3, 0.4) is 0 Å².